The van der Waals surface area contributed by atoms with E-state index in [2.05, 4.69) is 20.9 Å². The molecule has 2 heterocycles. The molecule has 0 bridgehead atoms. The van der Waals surface area contributed by atoms with Crippen molar-refractivity contribution in [1.82, 2.24) is 15.6 Å². The minimum Gasteiger partial charge on any atom is -0.497 e. The highest BCUT2D eigenvalue weighted by Gasteiger charge is 2.49. The maximum absolute atomic E-state index is 15.3. The summed E-state index contributed by atoms with van der Waals surface area (Å²) in [7, 11) is 1.17. The number of alkyl halides is 5. The number of pyridine rings is 1. The molecule has 1 aliphatic heterocycles. The molecule has 0 spiro atoms. The smallest absolute Gasteiger partial charge is 0.421 e. The van der Waals surface area contributed by atoms with E-state index in [1.807, 2.05) is 0 Å². The van der Waals surface area contributed by atoms with Crippen LogP contribution in [0.3, 0.4) is 0 Å². The molecule has 9 nitrogen and oxygen atoms in total. The highest BCUT2D eigenvalue weighted by atomic mass is 19.4. The monoisotopic (exact) mass is 649 g/mol. The average molecular weight is 650 g/mol. The third-order valence-corrected chi connectivity index (χ3v) is 7.90. The number of hydrogen-bond acceptors (Lipinski definition) is 6. The van der Waals surface area contributed by atoms with Gasteiger partial charge in [-0.25, -0.2) is 27.3 Å². The predicted molar refractivity (Wildman–Crippen MR) is 149 cm³/mol. The summed E-state index contributed by atoms with van der Waals surface area (Å²) in [5.41, 5.74) is -3.95. The van der Waals surface area contributed by atoms with E-state index in [0.717, 1.165) is 24.4 Å². The van der Waals surface area contributed by atoms with Crippen molar-refractivity contribution in [2.45, 2.75) is 75.7 Å². The molecule has 1 aliphatic carbocycles. The quantitative estimate of drug-likeness (QED) is 0.278. The number of aromatic nitrogens is 1. The van der Waals surface area contributed by atoms with Crippen LogP contribution in [0, 0.1) is 17.6 Å². The molecule has 1 saturated heterocycles. The number of amides is 3. The molecule has 2 aliphatic rings. The lowest BCUT2D eigenvalue weighted by Crippen LogP contribution is -2.51. The minimum absolute atomic E-state index is 0.146. The Morgan fingerprint density at radius 1 is 1.11 bits per heavy atom. The average Bonchev–Trinajstić information content (AvgIpc) is 3.25. The molecular weight excluding hydrogens is 615 g/mol. The number of ether oxygens (including phenoxy) is 1. The number of methoxy groups -OCH3 is 1. The molecule has 248 valence electrons. The number of carbonyl (C=O) groups excluding carboxylic acids is 2. The lowest BCUT2D eigenvalue weighted by Gasteiger charge is -2.29. The Morgan fingerprint density at radius 3 is 2.27 bits per heavy atom. The topological polar surface area (TPSA) is 116 Å². The fraction of sp³-hybridized carbons (Fsp3) is 0.552. The van der Waals surface area contributed by atoms with E-state index in [1.54, 1.807) is 0 Å². The number of halogens is 7. The fourth-order valence-electron chi connectivity index (χ4n) is 5.65. The number of carbonyl (C=O) groups is 2. The van der Waals surface area contributed by atoms with Crippen LogP contribution in [0.2, 0.25) is 0 Å². The number of anilines is 2. The van der Waals surface area contributed by atoms with Gasteiger partial charge in [-0.3, -0.25) is 9.69 Å². The molecule has 2 aromatic rings. The minimum atomic E-state index is -5.07. The number of benzene rings is 1. The summed E-state index contributed by atoms with van der Waals surface area (Å²) in [5, 5.41) is 17.5. The summed E-state index contributed by atoms with van der Waals surface area (Å²) in [6, 6.07) is -0.548. The summed E-state index contributed by atoms with van der Waals surface area (Å²) in [6.07, 6.45) is -5.84. The number of hydrogen-bond donors (Lipinski definition) is 4. The first-order chi connectivity index (χ1) is 21.0. The first-order valence-corrected chi connectivity index (χ1v) is 14.2. The van der Waals surface area contributed by atoms with Gasteiger partial charge in [0, 0.05) is 54.9 Å². The second kappa shape index (κ2) is 13.3. The maximum Gasteiger partial charge on any atom is 0.421 e. The van der Waals surface area contributed by atoms with Crippen LogP contribution in [0.25, 0.3) is 0 Å². The van der Waals surface area contributed by atoms with Crippen molar-refractivity contribution in [3.63, 3.8) is 0 Å². The van der Waals surface area contributed by atoms with E-state index in [4.69, 9.17) is 4.74 Å². The van der Waals surface area contributed by atoms with Gasteiger partial charge >= 0.3 is 12.2 Å². The number of nitrogens with zero attached hydrogens (tertiary/aromatic N) is 2. The normalized spacial score (nSPS) is 22.5. The molecule has 3 amide bonds. The highest BCUT2D eigenvalue weighted by Crippen LogP contribution is 2.44. The zero-order valence-electron chi connectivity index (χ0n) is 24.7. The Hall–Kier alpha value is -3.82. The molecular formula is C29H34F7N5O4. The lowest BCUT2D eigenvalue weighted by atomic mass is 9.86. The number of urea groups is 1. The maximum atomic E-state index is 15.3. The first-order valence-electron chi connectivity index (χ1n) is 14.2. The fourth-order valence-corrected chi connectivity index (χ4v) is 5.65. The summed E-state index contributed by atoms with van der Waals surface area (Å²) in [6.45, 7) is 1.73. The molecule has 2 atom stereocenters. The Kier molecular flexibility index (Phi) is 10.0. The lowest BCUT2D eigenvalue weighted by molar-refractivity contribution is -0.136. The van der Waals surface area contributed by atoms with Crippen molar-refractivity contribution in [1.29, 1.82) is 0 Å². The van der Waals surface area contributed by atoms with E-state index < -0.39 is 94.9 Å². The van der Waals surface area contributed by atoms with Crippen LogP contribution in [-0.2, 0) is 11.0 Å². The van der Waals surface area contributed by atoms with Gasteiger partial charge in [0.2, 0.25) is 6.43 Å². The van der Waals surface area contributed by atoms with Gasteiger partial charge < -0.3 is 25.8 Å². The van der Waals surface area contributed by atoms with Crippen molar-refractivity contribution in [2.75, 3.05) is 30.4 Å². The van der Waals surface area contributed by atoms with Crippen LogP contribution in [0.4, 0.5) is 47.0 Å². The zero-order chi connectivity index (χ0) is 33.3. The predicted octanol–water partition coefficient (Wildman–Crippen LogP) is 5.19. The van der Waals surface area contributed by atoms with Crippen LogP contribution in [0.1, 0.15) is 56.6 Å². The molecule has 45 heavy (non-hydrogen) atoms. The second-order valence-electron chi connectivity index (χ2n) is 11.8. The van der Waals surface area contributed by atoms with E-state index in [1.165, 1.54) is 21.0 Å². The number of rotatable bonds is 9. The molecule has 0 unspecified atom stereocenters. The first kappa shape index (κ1) is 34.1. The zero-order valence-corrected chi connectivity index (χ0v) is 24.7. The highest BCUT2D eigenvalue weighted by molar-refractivity contribution is 6.03. The molecule has 1 saturated carbocycles. The summed E-state index contributed by atoms with van der Waals surface area (Å²) >= 11 is 0. The van der Waals surface area contributed by atoms with Gasteiger partial charge in [-0.1, -0.05) is 0 Å². The second-order valence-corrected chi connectivity index (χ2v) is 11.8. The van der Waals surface area contributed by atoms with Gasteiger partial charge in [0.1, 0.15) is 34.8 Å². The van der Waals surface area contributed by atoms with Crippen LogP contribution in [0.15, 0.2) is 24.4 Å². The summed E-state index contributed by atoms with van der Waals surface area (Å²) < 4.78 is 105. The van der Waals surface area contributed by atoms with Gasteiger partial charge in [0.15, 0.2) is 0 Å². The van der Waals surface area contributed by atoms with Crippen molar-refractivity contribution in [3.8, 4) is 5.75 Å². The molecule has 0 radical (unpaired) electrons. The number of aliphatic hydroxyl groups is 1. The summed E-state index contributed by atoms with van der Waals surface area (Å²) in [5.74, 6) is -6.83. The van der Waals surface area contributed by atoms with Gasteiger partial charge in [-0.05, 0) is 45.6 Å². The Labute approximate surface area is 254 Å². The Balaban J connectivity index is 1.69. The van der Waals surface area contributed by atoms with Crippen LogP contribution in [0.5, 0.6) is 5.75 Å². The largest absolute Gasteiger partial charge is 0.497 e. The number of nitrogens with one attached hydrogen (secondary N) is 3. The Morgan fingerprint density at radius 2 is 1.73 bits per heavy atom. The van der Waals surface area contributed by atoms with Gasteiger partial charge in [0.25, 0.3) is 5.91 Å². The van der Waals surface area contributed by atoms with Crippen LogP contribution >= 0.6 is 0 Å². The van der Waals surface area contributed by atoms with Crippen molar-refractivity contribution < 1.29 is 50.2 Å². The van der Waals surface area contributed by atoms with E-state index in [9.17, 15) is 36.6 Å². The van der Waals surface area contributed by atoms with E-state index in [-0.39, 0.29) is 38.0 Å². The van der Waals surface area contributed by atoms with Gasteiger partial charge in [-0.2, -0.15) is 13.2 Å². The van der Waals surface area contributed by atoms with Crippen molar-refractivity contribution in [3.05, 3.63) is 47.2 Å². The van der Waals surface area contributed by atoms with Crippen LogP contribution in [-0.4, -0.2) is 66.3 Å². The Bertz CT molecular complexity index is 1370. The molecule has 4 N–H and O–H groups in total. The molecule has 1 aromatic carbocycles. The van der Waals surface area contributed by atoms with Gasteiger partial charge in [-0.15, -0.1) is 0 Å². The third-order valence-electron chi connectivity index (χ3n) is 7.90. The van der Waals surface area contributed by atoms with E-state index in [0.29, 0.717) is 4.90 Å². The third kappa shape index (κ3) is 7.89. The SMILES string of the molecule is COc1cc(F)c([C@@H]2CN(c3nccc(NCC(C)(C)O)c3C(F)(F)F)C(=O)[C@H]2NC(=O)NC2CCC(C(F)F)CC2)c(F)c1. The molecule has 1 aromatic heterocycles. The molecule has 16 heteroatoms. The van der Waals surface area contributed by atoms with Gasteiger partial charge in [0.05, 0.1) is 18.4 Å². The van der Waals surface area contributed by atoms with Crippen LogP contribution < -0.4 is 25.6 Å². The van der Waals surface area contributed by atoms with E-state index >= 15 is 8.78 Å². The van der Waals surface area contributed by atoms with Crippen molar-refractivity contribution in [2.24, 2.45) is 5.92 Å². The molecule has 4 rings (SSSR count). The summed E-state index contributed by atoms with van der Waals surface area (Å²) in [4.78, 5) is 31.2. The molecule has 2 fully saturated rings. The standard InChI is InChI=1S/C29H34F7N5O4/c1-28(2,44)13-38-20-8-9-37-25(22(20)29(34,35)36)41-12-17(21-18(30)10-16(45-3)11-19(21)31)23(26(41)42)40-27(43)39-15-6-4-14(5-7-15)24(32)33/h8-11,14-15,17,23-24,44H,4-7,12-13H2,1-3H3,(H,37,38)(H2,39,40,43)/t14?,15?,17-,23-/m0/s1. The van der Waals surface area contributed by atoms with Crippen molar-refractivity contribution >= 4 is 23.4 Å².